The summed E-state index contributed by atoms with van der Waals surface area (Å²) in [6, 6.07) is 4.93. The number of anilines is 1. The van der Waals surface area contributed by atoms with E-state index >= 15 is 0 Å². The number of nitrogens with two attached hydrogens (primary N) is 2. The highest BCUT2D eigenvalue weighted by molar-refractivity contribution is 5.98. The SMILES string of the molecule is NC(=O)c1cc(Oc2cccc(F)c2F)c(F)cc1N. The standard InChI is InChI=1S/C13H9F3N2O2/c14-7-2-1-3-10(12(7)16)20-11-4-6(13(18)19)9(17)5-8(11)15/h1-5H,17H2,(H2,18,19). The zero-order chi connectivity index (χ0) is 14.9. The van der Waals surface area contributed by atoms with Crippen molar-refractivity contribution < 1.29 is 22.7 Å². The number of ether oxygens (including phenoxy) is 1. The normalized spacial score (nSPS) is 10.3. The van der Waals surface area contributed by atoms with Gasteiger partial charge in [0.15, 0.2) is 23.1 Å². The molecule has 0 saturated carbocycles. The molecule has 1 amide bonds. The molecule has 4 nitrogen and oxygen atoms in total. The van der Waals surface area contributed by atoms with Crippen LogP contribution in [-0.4, -0.2) is 5.91 Å². The molecule has 0 unspecified atom stereocenters. The Morgan fingerprint density at radius 1 is 1.05 bits per heavy atom. The molecule has 0 saturated heterocycles. The van der Waals surface area contributed by atoms with Crippen molar-refractivity contribution >= 4 is 11.6 Å². The second-order valence-corrected chi connectivity index (χ2v) is 3.89. The van der Waals surface area contributed by atoms with E-state index in [0.29, 0.717) is 0 Å². The van der Waals surface area contributed by atoms with E-state index in [0.717, 1.165) is 24.3 Å². The highest BCUT2D eigenvalue weighted by atomic mass is 19.2. The number of carbonyl (C=O) groups is 1. The highest BCUT2D eigenvalue weighted by Gasteiger charge is 2.16. The van der Waals surface area contributed by atoms with Crippen LogP contribution >= 0.6 is 0 Å². The Morgan fingerprint density at radius 2 is 1.75 bits per heavy atom. The third-order valence-corrected chi connectivity index (χ3v) is 2.51. The fraction of sp³-hybridized carbons (Fsp3) is 0. The summed E-state index contributed by atoms with van der Waals surface area (Å²) in [5, 5.41) is 0. The van der Waals surface area contributed by atoms with Crippen molar-refractivity contribution in [3.63, 3.8) is 0 Å². The van der Waals surface area contributed by atoms with Crippen molar-refractivity contribution in [1.29, 1.82) is 0 Å². The van der Waals surface area contributed by atoms with Gasteiger partial charge in [-0.15, -0.1) is 0 Å². The second kappa shape index (κ2) is 5.12. The van der Waals surface area contributed by atoms with E-state index in [9.17, 15) is 18.0 Å². The van der Waals surface area contributed by atoms with Crippen molar-refractivity contribution in [2.75, 3.05) is 5.73 Å². The summed E-state index contributed by atoms with van der Waals surface area (Å²) in [6.07, 6.45) is 0. The van der Waals surface area contributed by atoms with Gasteiger partial charge in [0.2, 0.25) is 5.82 Å². The Balaban J connectivity index is 2.46. The first-order chi connectivity index (χ1) is 9.40. The molecule has 2 aromatic carbocycles. The van der Waals surface area contributed by atoms with Crippen molar-refractivity contribution in [3.8, 4) is 11.5 Å². The maximum atomic E-state index is 13.6. The lowest BCUT2D eigenvalue weighted by Gasteiger charge is -2.10. The molecule has 0 fully saturated rings. The topological polar surface area (TPSA) is 78.3 Å². The number of amides is 1. The molecule has 4 N–H and O–H groups in total. The van der Waals surface area contributed by atoms with Crippen LogP contribution in [0.1, 0.15) is 10.4 Å². The van der Waals surface area contributed by atoms with Crippen LogP contribution in [0.3, 0.4) is 0 Å². The average molecular weight is 282 g/mol. The van der Waals surface area contributed by atoms with Crippen molar-refractivity contribution in [2.45, 2.75) is 0 Å². The van der Waals surface area contributed by atoms with Crippen LogP contribution in [0.15, 0.2) is 30.3 Å². The van der Waals surface area contributed by atoms with E-state index in [1.165, 1.54) is 6.07 Å². The minimum atomic E-state index is -1.27. The molecular formula is C13H9F3N2O2. The highest BCUT2D eigenvalue weighted by Crippen LogP contribution is 2.30. The first-order valence-corrected chi connectivity index (χ1v) is 5.41. The van der Waals surface area contributed by atoms with Gasteiger partial charge in [0, 0.05) is 11.8 Å². The monoisotopic (exact) mass is 282 g/mol. The zero-order valence-corrected chi connectivity index (χ0v) is 9.99. The Bertz CT molecular complexity index is 690. The summed E-state index contributed by atoms with van der Waals surface area (Å²) in [5.41, 5.74) is 10.1. The number of carbonyl (C=O) groups excluding carboxylic acids is 1. The lowest BCUT2D eigenvalue weighted by molar-refractivity contribution is 0.100. The van der Waals surface area contributed by atoms with Crippen LogP contribution in [0.25, 0.3) is 0 Å². The van der Waals surface area contributed by atoms with Crippen LogP contribution in [0.4, 0.5) is 18.9 Å². The van der Waals surface area contributed by atoms with E-state index < -0.39 is 34.9 Å². The van der Waals surface area contributed by atoms with Gasteiger partial charge in [-0.3, -0.25) is 4.79 Å². The number of nitrogen functional groups attached to an aromatic ring is 1. The number of hydrogen-bond donors (Lipinski definition) is 2. The molecule has 0 heterocycles. The Morgan fingerprint density at radius 3 is 2.40 bits per heavy atom. The lowest BCUT2D eigenvalue weighted by Crippen LogP contribution is -2.14. The maximum Gasteiger partial charge on any atom is 0.250 e. The molecule has 20 heavy (non-hydrogen) atoms. The summed E-state index contributed by atoms with van der Waals surface area (Å²) in [6.45, 7) is 0. The van der Waals surface area contributed by atoms with Crippen molar-refractivity contribution in [2.24, 2.45) is 5.73 Å². The van der Waals surface area contributed by atoms with Gasteiger partial charge in [0.1, 0.15) is 0 Å². The molecule has 0 bridgehead atoms. The number of halogens is 3. The van der Waals surface area contributed by atoms with E-state index in [-0.39, 0.29) is 11.3 Å². The number of benzene rings is 2. The summed E-state index contributed by atoms with van der Waals surface area (Å²) >= 11 is 0. The summed E-state index contributed by atoms with van der Waals surface area (Å²) in [7, 11) is 0. The first kappa shape index (κ1) is 13.7. The van der Waals surface area contributed by atoms with Gasteiger partial charge in [-0.25, -0.2) is 8.78 Å². The molecule has 0 aliphatic heterocycles. The van der Waals surface area contributed by atoms with Crippen LogP contribution in [-0.2, 0) is 0 Å². The Kier molecular flexibility index (Phi) is 3.51. The quantitative estimate of drug-likeness (QED) is 0.849. The van der Waals surface area contributed by atoms with E-state index in [1.807, 2.05) is 0 Å². The van der Waals surface area contributed by atoms with Crippen LogP contribution < -0.4 is 16.2 Å². The molecule has 2 aromatic rings. The maximum absolute atomic E-state index is 13.6. The van der Waals surface area contributed by atoms with Crippen molar-refractivity contribution in [1.82, 2.24) is 0 Å². The molecule has 0 aliphatic carbocycles. The van der Waals surface area contributed by atoms with Crippen LogP contribution in [0, 0.1) is 17.5 Å². The van der Waals surface area contributed by atoms with Gasteiger partial charge < -0.3 is 16.2 Å². The molecule has 0 aromatic heterocycles. The third kappa shape index (κ3) is 2.51. The zero-order valence-electron chi connectivity index (χ0n) is 9.99. The minimum absolute atomic E-state index is 0.179. The summed E-state index contributed by atoms with van der Waals surface area (Å²) < 4.78 is 45.0. The predicted octanol–water partition coefficient (Wildman–Crippen LogP) is 2.58. The number of primary amides is 1. The molecule has 7 heteroatoms. The molecule has 2 rings (SSSR count). The predicted molar refractivity (Wildman–Crippen MR) is 65.8 cm³/mol. The lowest BCUT2D eigenvalue weighted by atomic mass is 10.1. The average Bonchev–Trinajstić information content (AvgIpc) is 2.37. The Labute approximate surface area is 111 Å². The smallest absolute Gasteiger partial charge is 0.250 e. The van der Waals surface area contributed by atoms with Crippen molar-refractivity contribution in [3.05, 3.63) is 53.3 Å². The fourth-order valence-electron chi connectivity index (χ4n) is 1.54. The van der Waals surface area contributed by atoms with Crippen LogP contribution in [0.2, 0.25) is 0 Å². The molecule has 0 aliphatic rings. The molecule has 0 spiro atoms. The van der Waals surface area contributed by atoms with Gasteiger partial charge in [0.25, 0.3) is 5.91 Å². The van der Waals surface area contributed by atoms with Crippen LogP contribution in [0.5, 0.6) is 11.5 Å². The molecular weight excluding hydrogens is 273 g/mol. The number of rotatable bonds is 3. The van der Waals surface area contributed by atoms with Gasteiger partial charge in [-0.05, 0) is 18.2 Å². The minimum Gasteiger partial charge on any atom is -0.451 e. The molecule has 0 atom stereocenters. The molecule has 104 valence electrons. The van der Waals surface area contributed by atoms with Gasteiger partial charge in [0.05, 0.1) is 5.56 Å². The fourth-order valence-corrected chi connectivity index (χ4v) is 1.54. The summed E-state index contributed by atoms with van der Waals surface area (Å²) in [5.74, 6) is -5.26. The van der Waals surface area contributed by atoms with Gasteiger partial charge in [-0.1, -0.05) is 6.07 Å². The number of hydrogen-bond acceptors (Lipinski definition) is 3. The largest absolute Gasteiger partial charge is 0.451 e. The van der Waals surface area contributed by atoms with E-state index in [1.54, 1.807) is 0 Å². The molecule has 0 radical (unpaired) electrons. The van der Waals surface area contributed by atoms with Gasteiger partial charge in [-0.2, -0.15) is 4.39 Å². The Hall–Kier alpha value is -2.70. The van der Waals surface area contributed by atoms with E-state index in [2.05, 4.69) is 0 Å². The van der Waals surface area contributed by atoms with Gasteiger partial charge >= 0.3 is 0 Å². The summed E-state index contributed by atoms with van der Waals surface area (Å²) in [4.78, 5) is 11.1. The second-order valence-electron chi connectivity index (χ2n) is 3.89. The third-order valence-electron chi connectivity index (χ3n) is 2.51. The van der Waals surface area contributed by atoms with E-state index in [4.69, 9.17) is 16.2 Å². The first-order valence-electron chi connectivity index (χ1n) is 5.41.